The van der Waals surface area contributed by atoms with Crippen molar-refractivity contribution in [3.8, 4) is 5.75 Å². The minimum Gasteiger partial charge on any atom is -0.497 e. The fraction of sp³-hybridized carbons (Fsp3) is 0.462. The number of nitrogens with one attached hydrogen (secondary N) is 1. The Bertz CT molecular complexity index is 504. The highest BCUT2D eigenvalue weighted by molar-refractivity contribution is 5.79. The molecule has 0 aliphatic heterocycles. The maximum Gasteiger partial charge on any atom is 0.333 e. The maximum atomic E-state index is 14.0. The number of methoxy groups -OCH3 is 2. The van der Waals surface area contributed by atoms with E-state index in [1.54, 1.807) is 5.32 Å². The predicted octanol–water partition coefficient (Wildman–Crippen LogP) is 2.42. The minimum absolute atomic E-state index is 0.120. The first kappa shape index (κ1) is 16.3. The molecular formula is C13H16F3NO3. The van der Waals surface area contributed by atoms with Crippen LogP contribution in [-0.2, 0) is 15.6 Å². The van der Waals surface area contributed by atoms with Gasteiger partial charge in [0.2, 0.25) is 0 Å². The van der Waals surface area contributed by atoms with Gasteiger partial charge in [-0.2, -0.15) is 8.78 Å². The Kier molecular flexibility index (Phi) is 4.65. The summed E-state index contributed by atoms with van der Waals surface area (Å²) in [5, 5.41) is 1.79. The van der Waals surface area contributed by atoms with Crippen LogP contribution >= 0.6 is 0 Å². The van der Waals surface area contributed by atoms with Crippen LogP contribution in [0.3, 0.4) is 0 Å². The predicted molar refractivity (Wildman–Crippen MR) is 66.1 cm³/mol. The van der Waals surface area contributed by atoms with E-state index in [1.807, 2.05) is 0 Å². The molecule has 0 unspecified atom stereocenters. The monoisotopic (exact) mass is 291 g/mol. The lowest BCUT2D eigenvalue weighted by molar-refractivity contribution is -0.154. The van der Waals surface area contributed by atoms with E-state index in [2.05, 4.69) is 4.74 Å². The fourth-order valence-corrected chi connectivity index (χ4v) is 1.64. The topological polar surface area (TPSA) is 47.6 Å². The molecule has 7 heteroatoms. The Morgan fingerprint density at radius 3 is 2.30 bits per heavy atom. The van der Waals surface area contributed by atoms with Gasteiger partial charge in [-0.25, -0.2) is 9.71 Å². The zero-order valence-electron chi connectivity index (χ0n) is 11.6. The average Bonchev–Trinajstić information content (AvgIpc) is 2.35. The molecule has 1 rings (SSSR count). The lowest BCUT2D eigenvalue weighted by atomic mass is 10.0. The number of hydrogen-bond donors (Lipinski definition) is 1. The van der Waals surface area contributed by atoms with Gasteiger partial charge in [-0.3, -0.25) is 4.79 Å². The molecule has 0 fully saturated rings. The fourth-order valence-electron chi connectivity index (χ4n) is 1.64. The van der Waals surface area contributed by atoms with Gasteiger partial charge in [-0.1, -0.05) is 0 Å². The summed E-state index contributed by atoms with van der Waals surface area (Å²) in [6, 6.07) is -0.794. The molecule has 0 amide bonds. The molecule has 0 radical (unpaired) electrons. The van der Waals surface area contributed by atoms with E-state index in [0.29, 0.717) is 0 Å². The molecule has 0 aliphatic rings. The highest BCUT2D eigenvalue weighted by Crippen LogP contribution is 2.31. The lowest BCUT2D eigenvalue weighted by Crippen LogP contribution is -2.54. The Hall–Kier alpha value is -1.76. The second-order valence-electron chi connectivity index (χ2n) is 4.66. The van der Waals surface area contributed by atoms with Gasteiger partial charge in [-0.05, 0) is 26.0 Å². The SMILES string of the molecule is COC(=O)C(C)(C)NC(F)(F)c1ccc(OC)cc1F. The molecule has 0 atom stereocenters. The summed E-state index contributed by atoms with van der Waals surface area (Å²) in [5.74, 6) is -1.90. The second-order valence-corrected chi connectivity index (χ2v) is 4.66. The molecule has 0 aromatic heterocycles. The van der Waals surface area contributed by atoms with Crippen LogP contribution in [-0.4, -0.2) is 25.7 Å². The highest BCUT2D eigenvalue weighted by Gasteiger charge is 2.43. The first-order chi connectivity index (χ1) is 9.14. The molecule has 0 spiro atoms. The Morgan fingerprint density at radius 2 is 1.85 bits per heavy atom. The van der Waals surface area contributed by atoms with Gasteiger partial charge < -0.3 is 9.47 Å². The number of halogens is 3. The van der Waals surface area contributed by atoms with Gasteiger partial charge in [0, 0.05) is 6.07 Å². The summed E-state index contributed by atoms with van der Waals surface area (Å²) in [4.78, 5) is 11.4. The molecule has 0 heterocycles. The summed E-state index contributed by atoms with van der Waals surface area (Å²) in [5.41, 5.74) is -2.56. The summed E-state index contributed by atoms with van der Waals surface area (Å²) in [6.07, 6.45) is 0. The van der Waals surface area contributed by atoms with Crippen LogP contribution in [0, 0.1) is 5.82 Å². The van der Waals surface area contributed by atoms with Crippen molar-refractivity contribution >= 4 is 5.97 Å². The van der Waals surface area contributed by atoms with Crippen molar-refractivity contribution in [1.29, 1.82) is 0 Å². The molecule has 0 saturated carbocycles. The Labute approximate surface area is 114 Å². The Balaban J connectivity index is 3.08. The van der Waals surface area contributed by atoms with Crippen LogP contribution in [0.15, 0.2) is 18.2 Å². The molecule has 112 valence electrons. The van der Waals surface area contributed by atoms with E-state index in [0.717, 1.165) is 19.2 Å². The van der Waals surface area contributed by atoms with Crippen LogP contribution in [0.2, 0.25) is 0 Å². The molecular weight excluding hydrogens is 275 g/mol. The van der Waals surface area contributed by atoms with E-state index in [1.165, 1.54) is 27.0 Å². The number of carbonyl (C=O) groups is 1. The van der Waals surface area contributed by atoms with Crippen LogP contribution in [0.1, 0.15) is 19.4 Å². The number of alkyl halides is 2. The van der Waals surface area contributed by atoms with E-state index in [9.17, 15) is 18.0 Å². The van der Waals surface area contributed by atoms with Crippen LogP contribution in [0.4, 0.5) is 13.2 Å². The molecule has 1 N–H and O–H groups in total. The zero-order chi connectivity index (χ0) is 15.6. The van der Waals surface area contributed by atoms with Crippen molar-refractivity contribution in [1.82, 2.24) is 5.32 Å². The normalized spacial score (nSPS) is 12.2. The van der Waals surface area contributed by atoms with Crippen molar-refractivity contribution in [2.75, 3.05) is 14.2 Å². The molecule has 4 nitrogen and oxygen atoms in total. The molecule has 0 saturated heterocycles. The zero-order valence-corrected chi connectivity index (χ0v) is 11.6. The Morgan fingerprint density at radius 1 is 1.25 bits per heavy atom. The standard InChI is InChI=1S/C13H16F3NO3/c1-12(2,11(18)20-4)17-13(15,16)9-6-5-8(19-3)7-10(9)14/h5-7,17H,1-4H3. The van der Waals surface area contributed by atoms with Gasteiger partial charge in [0.1, 0.15) is 17.1 Å². The van der Waals surface area contributed by atoms with Crippen LogP contribution < -0.4 is 10.1 Å². The van der Waals surface area contributed by atoms with E-state index < -0.39 is 28.9 Å². The number of hydrogen-bond acceptors (Lipinski definition) is 4. The summed E-state index contributed by atoms with van der Waals surface area (Å²) >= 11 is 0. The van der Waals surface area contributed by atoms with E-state index in [-0.39, 0.29) is 5.75 Å². The van der Waals surface area contributed by atoms with Gasteiger partial charge in [0.05, 0.1) is 19.8 Å². The number of esters is 1. The van der Waals surface area contributed by atoms with Gasteiger partial charge >= 0.3 is 12.0 Å². The maximum absolute atomic E-state index is 14.0. The molecule has 1 aromatic carbocycles. The molecule has 0 aliphatic carbocycles. The third-order valence-electron chi connectivity index (χ3n) is 2.68. The smallest absolute Gasteiger partial charge is 0.333 e. The quantitative estimate of drug-likeness (QED) is 0.668. The largest absolute Gasteiger partial charge is 0.497 e. The summed E-state index contributed by atoms with van der Waals surface area (Å²) < 4.78 is 50.9. The first-order valence-electron chi connectivity index (χ1n) is 5.73. The van der Waals surface area contributed by atoms with E-state index >= 15 is 0 Å². The van der Waals surface area contributed by atoms with Gasteiger partial charge in [0.25, 0.3) is 0 Å². The van der Waals surface area contributed by atoms with Crippen molar-refractivity contribution in [3.63, 3.8) is 0 Å². The van der Waals surface area contributed by atoms with Crippen LogP contribution in [0.5, 0.6) is 5.75 Å². The number of benzene rings is 1. The molecule has 20 heavy (non-hydrogen) atoms. The molecule has 1 aromatic rings. The van der Waals surface area contributed by atoms with Crippen molar-refractivity contribution in [2.24, 2.45) is 0 Å². The highest BCUT2D eigenvalue weighted by atomic mass is 19.3. The van der Waals surface area contributed by atoms with Gasteiger partial charge in [0.15, 0.2) is 0 Å². The first-order valence-corrected chi connectivity index (χ1v) is 5.73. The van der Waals surface area contributed by atoms with Gasteiger partial charge in [-0.15, -0.1) is 0 Å². The number of rotatable bonds is 5. The third kappa shape index (κ3) is 3.41. The van der Waals surface area contributed by atoms with Crippen molar-refractivity contribution in [3.05, 3.63) is 29.6 Å². The van der Waals surface area contributed by atoms with E-state index in [4.69, 9.17) is 4.74 Å². The summed E-state index contributed by atoms with van der Waals surface area (Å²) in [7, 11) is 2.38. The summed E-state index contributed by atoms with van der Waals surface area (Å²) in [6.45, 7) is 2.43. The lowest BCUT2D eigenvalue weighted by Gasteiger charge is -2.29. The molecule has 0 bridgehead atoms. The van der Waals surface area contributed by atoms with Crippen molar-refractivity contribution in [2.45, 2.75) is 25.4 Å². The number of ether oxygens (including phenoxy) is 2. The minimum atomic E-state index is -3.74. The number of carbonyl (C=O) groups excluding carboxylic acids is 1. The van der Waals surface area contributed by atoms with Crippen LogP contribution in [0.25, 0.3) is 0 Å². The average molecular weight is 291 g/mol. The second kappa shape index (κ2) is 5.70. The van der Waals surface area contributed by atoms with Crippen molar-refractivity contribution < 1.29 is 27.4 Å². The third-order valence-corrected chi connectivity index (χ3v) is 2.68.